The molecule has 2 nitrogen and oxygen atoms in total. The summed E-state index contributed by atoms with van der Waals surface area (Å²) in [4.78, 5) is 4.56. The highest BCUT2D eigenvalue weighted by Gasteiger charge is 2.21. The molecule has 1 aliphatic carbocycles. The Labute approximate surface area is 97.6 Å². The molecule has 2 N–H and O–H groups in total. The third-order valence-corrected chi connectivity index (χ3v) is 3.38. The average Bonchev–Trinajstić information content (AvgIpc) is 2.35. The first-order valence-corrected chi connectivity index (χ1v) is 6.13. The van der Waals surface area contributed by atoms with Crippen LogP contribution in [-0.4, -0.2) is 11.5 Å². The van der Waals surface area contributed by atoms with E-state index in [9.17, 15) is 0 Å². The summed E-state index contributed by atoms with van der Waals surface area (Å²) in [5, 5.41) is 0. The Morgan fingerprint density at radius 2 is 2.50 bits per heavy atom. The molecule has 1 aliphatic rings. The molecule has 0 radical (unpaired) electrons. The fraction of sp³-hybridized carbons (Fsp3) is 0.500. The van der Waals surface area contributed by atoms with Crippen LogP contribution >= 0.6 is 0 Å². The van der Waals surface area contributed by atoms with Crippen LogP contribution in [0, 0.1) is 0 Å². The lowest BCUT2D eigenvalue weighted by Gasteiger charge is -2.25. The Balaban J connectivity index is 2.24. The largest absolute Gasteiger partial charge is 0.330 e. The van der Waals surface area contributed by atoms with Gasteiger partial charge in [0.25, 0.3) is 0 Å². The number of nitrogens with two attached hydrogens (primary N) is 1. The van der Waals surface area contributed by atoms with E-state index in [-0.39, 0.29) is 0 Å². The van der Waals surface area contributed by atoms with Crippen LogP contribution < -0.4 is 5.73 Å². The van der Waals surface area contributed by atoms with Gasteiger partial charge < -0.3 is 5.73 Å². The molecule has 2 heteroatoms. The van der Waals surface area contributed by atoms with E-state index in [1.165, 1.54) is 36.1 Å². The molecule has 1 atom stereocenters. The lowest BCUT2D eigenvalue weighted by Crippen LogP contribution is -2.13. The van der Waals surface area contributed by atoms with E-state index >= 15 is 0 Å². The molecule has 0 bridgehead atoms. The molecule has 0 saturated carbocycles. The molecule has 1 aromatic heterocycles. The Kier molecular flexibility index (Phi) is 3.73. The molecule has 0 aromatic carbocycles. The van der Waals surface area contributed by atoms with Crippen molar-refractivity contribution in [2.45, 2.75) is 38.5 Å². The zero-order valence-corrected chi connectivity index (χ0v) is 9.95. The first-order chi connectivity index (χ1) is 7.83. The number of aromatic nitrogens is 1. The number of pyridine rings is 1. The summed E-state index contributed by atoms with van der Waals surface area (Å²) in [5.74, 6) is 0.525. The van der Waals surface area contributed by atoms with Crippen molar-refractivity contribution < 1.29 is 0 Å². The van der Waals surface area contributed by atoms with Crippen LogP contribution in [0.25, 0.3) is 0 Å². The molecule has 1 unspecified atom stereocenters. The van der Waals surface area contributed by atoms with Crippen LogP contribution in [0.5, 0.6) is 0 Å². The highest BCUT2D eigenvalue weighted by Crippen LogP contribution is 2.34. The van der Waals surface area contributed by atoms with Crippen molar-refractivity contribution in [1.29, 1.82) is 0 Å². The predicted molar refractivity (Wildman–Crippen MR) is 67.3 cm³/mol. The zero-order valence-electron chi connectivity index (χ0n) is 9.95. The molecule has 0 fully saturated rings. The van der Waals surface area contributed by atoms with Gasteiger partial charge in [-0.3, -0.25) is 4.98 Å². The van der Waals surface area contributed by atoms with Crippen LogP contribution in [0.4, 0.5) is 0 Å². The number of allylic oxidation sites excluding steroid dienone is 1. The van der Waals surface area contributed by atoms with Gasteiger partial charge in [-0.05, 0) is 50.8 Å². The van der Waals surface area contributed by atoms with E-state index < -0.39 is 0 Å². The van der Waals surface area contributed by atoms with Crippen LogP contribution in [0.3, 0.4) is 0 Å². The van der Waals surface area contributed by atoms with Crippen molar-refractivity contribution in [3.63, 3.8) is 0 Å². The van der Waals surface area contributed by atoms with Gasteiger partial charge in [0.2, 0.25) is 0 Å². The second-order valence-corrected chi connectivity index (χ2v) is 4.52. The first-order valence-electron chi connectivity index (χ1n) is 6.13. The maximum absolute atomic E-state index is 5.54. The number of aryl methyl sites for hydroxylation is 1. The van der Waals surface area contributed by atoms with Crippen molar-refractivity contribution in [3.05, 3.63) is 41.2 Å². The average molecular weight is 216 g/mol. The maximum atomic E-state index is 5.54. The topological polar surface area (TPSA) is 38.9 Å². The van der Waals surface area contributed by atoms with Crippen molar-refractivity contribution in [3.8, 4) is 0 Å². The molecule has 1 heterocycles. The van der Waals surface area contributed by atoms with Gasteiger partial charge in [0, 0.05) is 12.1 Å². The Bertz CT molecular complexity index is 382. The second-order valence-electron chi connectivity index (χ2n) is 4.52. The summed E-state index contributed by atoms with van der Waals surface area (Å²) in [6.07, 6.45) is 8.85. The fourth-order valence-corrected chi connectivity index (χ4v) is 2.51. The maximum Gasteiger partial charge on any atom is 0.0506 e. The molecule has 16 heavy (non-hydrogen) atoms. The van der Waals surface area contributed by atoms with Gasteiger partial charge in [0.1, 0.15) is 0 Å². The number of rotatable bonds is 3. The van der Waals surface area contributed by atoms with Gasteiger partial charge in [0.15, 0.2) is 0 Å². The highest BCUT2D eigenvalue weighted by molar-refractivity contribution is 5.32. The summed E-state index contributed by atoms with van der Waals surface area (Å²) in [7, 11) is 0. The minimum absolute atomic E-state index is 0.525. The molecule has 0 saturated heterocycles. The minimum Gasteiger partial charge on any atom is -0.330 e. The van der Waals surface area contributed by atoms with Crippen LogP contribution in [-0.2, 0) is 6.42 Å². The van der Waals surface area contributed by atoms with E-state index in [1.807, 2.05) is 12.3 Å². The Hall–Kier alpha value is -1.15. The van der Waals surface area contributed by atoms with Crippen LogP contribution in [0.2, 0.25) is 0 Å². The SMILES string of the molecule is CC(=CCCN)C1CCCc2cccnc21. The Morgan fingerprint density at radius 1 is 1.62 bits per heavy atom. The lowest BCUT2D eigenvalue weighted by atomic mass is 9.82. The molecule has 1 aromatic rings. The lowest BCUT2D eigenvalue weighted by molar-refractivity contribution is 0.589. The summed E-state index contributed by atoms with van der Waals surface area (Å²) in [5.41, 5.74) is 9.70. The monoisotopic (exact) mass is 216 g/mol. The quantitative estimate of drug-likeness (QED) is 0.789. The van der Waals surface area contributed by atoms with Gasteiger partial charge >= 0.3 is 0 Å². The van der Waals surface area contributed by atoms with Crippen molar-refractivity contribution in [1.82, 2.24) is 4.98 Å². The highest BCUT2D eigenvalue weighted by atomic mass is 14.7. The predicted octanol–water partition coefficient (Wildman–Crippen LogP) is 2.80. The third-order valence-electron chi connectivity index (χ3n) is 3.38. The molecular weight excluding hydrogens is 196 g/mol. The molecule has 0 spiro atoms. The van der Waals surface area contributed by atoms with E-state index in [2.05, 4.69) is 24.1 Å². The fourth-order valence-electron chi connectivity index (χ4n) is 2.51. The molecule has 0 amide bonds. The van der Waals surface area contributed by atoms with Gasteiger partial charge in [-0.1, -0.05) is 17.7 Å². The van der Waals surface area contributed by atoms with Gasteiger partial charge in [-0.25, -0.2) is 0 Å². The standard InChI is InChI=1S/C14H20N2/c1-11(5-3-9-15)13-8-2-6-12-7-4-10-16-14(12)13/h4-5,7,10,13H,2-3,6,8-9,15H2,1H3. The second kappa shape index (κ2) is 5.26. The van der Waals surface area contributed by atoms with E-state index in [4.69, 9.17) is 5.73 Å². The molecule has 2 rings (SSSR count). The van der Waals surface area contributed by atoms with Gasteiger partial charge in [-0.15, -0.1) is 0 Å². The number of hydrogen-bond acceptors (Lipinski definition) is 2. The summed E-state index contributed by atoms with van der Waals surface area (Å²) in [6, 6.07) is 4.25. The summed E-state index contributed by atoms with van der Waals surface area (Å²) < 4.78 is 0. The van der Waals surface area contributed by atoms with E-state index in [1.54, 1.807) is 0 Å². The van der Waals surface area contributed by atoms with E-state index in [0.717, 1.165) is 13.0 Å². The zero-order chi connectivity index (χ0) is 11.4. The molecule has 0 aliphatic heterocycles. The summed E-state index contributed by atoms with van der Waals surface area (Å²) in [6.45, 7) is 2.95. The smallest absolute Gasteiger partial charge is 0.0506 e. The first kappa shape index (κ1) is 11.3. The van der Waals surface area contributed by atoms with Crippen molar-refractivity contribution in [2.75, 3.05) is 6.54 Å². The Morgan fingerprint density at radius 3 is 3.31 bits per heavy atom. The van der Waals surface area contributed by atoms with Crippen LogP contribution in [0.15, 0.2) is 30.0 Å². The number of nitrogens with zero attached hydrogens (tertiary/aromatic N) is 1. The minimum atomic E-state index is 0.525. The van der Waals surface area contributed by atoms with Crippen molar-refractivity contribution in [2.24, 2.45) is 5.73 Å². The van der Waals surface area contributed by atoms with Crippen LogP contribution in [0.1, 0.15) is 43.4 Å². The molecular formula is C14H20N2. The van der Waals surface area contributed by atoms with Crippen molar-refractivity contribution >= 4 is 0 Å². The number of fused-ring (bicyclic) bond motifs is 1. The van der Waals surface area contributed by atoms with E-state index in [0.29, 0.717) is 5.92 Å². The molecule has 86 valence electrons. The number of hydrogen-bond donors (Lipinski definition) is 1. The van der Waals surface area contributed by atoms with Gasteiger partial charge in [0.05, 0.1) is 5.69 Å². The van der Waals surface area contributed by atoms with Gasteiger partial charge in [-0.2, -0.15) is 0 Å². The summed E-state index contributed by atoms with van der Waals surface area (Å²) >= 11 is 0. The third kappa shape index (κ3) is 2.33. The normalized spacial score (nSPS) is 20.6.